The molecule has 0 saturated carbocycles. The molecular weight excluding hydrogens is 294 g/mol. The van der Waals surface area contributed by atoms with E-state index in [1.165, 1.54) is 0 Å². The quantitative estimate of drug-likeness (QED) is 0.424. The summed E-state index contributed by atoms with van der Waals surface area (Å²) in [5.41, 5.74) is 10.2. The van der Waals surface area contributed by atoms with Crippen molar-refractivity contribution in [2.75, 3.05) is 5.43 Å². The van der Waals surface area contributed by atoms with Crippen LogP contribution in [-0.4, -0.2) is 21.3 Å². The molecule has 1 aromatic carbocycles. The van der Waals surface area contributed by atoms with Crippen LogP contribution in [0.5, 0.6) is 5.75 Å². The third-order valence-corrected chi connectivity index (χ3v) is 3.03. The number of para-hydroxylation sites is 2. The lowest BCUT2D eigenvalue weighted by Gasteiger charge is -2.10. The van der Waals surface area contributed by atoms with Crippen LogP contribution in [0.4, 0.5) is 5.69 Å². The molecule has 0 unspecified atom stereocenters. The predicted octanol–water partition coefficient (Wildman–Crippen LogP) is 1.53. The fraction of sp³-hybridized carbons (Fsp3) is 0.200. The van der Waals surface area contributed by atoms with Crippen LogP contribution in [-0.2, 0) is 13.7 Å². The summed E-state index contributed by atoms with van der Waals surface area (Å²) in [7, 11) is 1.85. The molecule has 0 atom stereocenters. The summed E-state index contributed by atoms with van der Waals surface area (Å²) in [5, 5.41) is 24.2. The number of hydrazone groups is 1. The summed E-state index contributed by atoms with van der Waals surface area (Å²) < 4.78 is 7.52. The van der Waals surface area contributed by atoms with Gasteiger partial charge >= 0.3 is 0 Å². The number of aromatic nitrogens is 2. The van der Waals surface area contributed by atoms with Crippen molar-refractivity contribution in [2.45, 2.75) is 13.5 Å². The average molecular weight is 311 g/mol. The summed E-state index contributed by atoms with van der Waals surface area (Å²) in [6, 6.07) is 8.92. The molecule has 8 heteroatoms. The molecule has 0 spiro atoms. The summed E-state index contributed by atoms with van der Waals surface area (Å²) >= 11 is 0. The number of anilines is 1. The highest BCUT2D eigenvalue weighted by Gasteiger charge is 2.07. The van der Waals surface area contributed by atoms with Crippen LogP contribution in [0.2, 0.25) is 0 Å². The number of nitrogens with zero attached hydrogens (tertiary/aromatic N) is 4. The van der Waals surface area contributed by atoms with E-state index in [0.717, 1.165) is 11.3 Å². The van der Waals surface area contributed by atoms with Gasteiger partial charge in [-0.2, -0.15) is 15.5 Å². The Morgan fingerprint density at radius 1 is 1.52 bits per heavy atom. The van der Waals surface area contributed by atoms with Gasteiger partial charge in [-0.1, -0.05) is 12.1 Å². The van der Waals surface area contributed by atoms with Gasteiger partial charge in [0, 0.05) is 18.8 Å². The maximum absolute atomic E-state index is 8.85. The molecule has 0 bridgehead atoms. The zero-order valence-electron chi connectivity index (χ0n) is 12.9. The largest absolute Gasteiger partial charge is 0.487 e. The molecule has 0 radical (unpaired) electrons. The monoisotopic (exact) mass is 311 g/mol. The number of hydrogen-bond donors (Lipinski definition) is 3. The minimum Gasteiger partial charge on any atom is -0.487 e. The second kappa shape index (κ2) is 7.09. The molecule has 8 nitrogen and oxygen atoms in total. The lowest BCUT2D eigenvalue weighted by atomic mass is 10.2. The number of nitrogens with one attached hydrogen (secondary N) is 2. The lowest BCUT2D eigenvalue weighted by Crippen LogP contribution is -2.21. The van der Waals surface area contributed by atoms with Crippen LogP contribution in [0.1, 0.15) is 11.3 Å². The van der Waals surface area contributed by atoms with Crippen molar-refractivity contribution in [3.63, 3.8) is 0 Å². The molecule has 2 aromatic rings. The first-order chi connectivity index (χ1) is 11.0. The molecule has 0 fully saturated rings. The van der Waals surface area contributed by atoms with E-state index in [2.05, 4.69) is 15.6 Å². The normalized spacial score (nSPS) is 10.9. The highest BCUT2D eigenvalue weighted by molar-refractivity contribution is 6.45. The minimum absolute atomic E-state index is 0.192. The van der Waals surface area contributed by atoms with Gasteiger partial charge in [-0.25, -0.2) is 0 Å². The summed E-state index contributed by atoms with van der Waals surface area (Å²) in [6.45, 7) is 2.28. The third-order valence-electron chi connectivity index (χ3n) is 3.03. The first-order valence-corrected chi connectivity index (χ1v) is 6.80. The van der Waals surface area contributed by atoms with E-state index >= 15 is 0 Å². The Labute approximate surface area is 133 Å². The number of rotatable bonds is 6. The van der Waals surface area contributed by atoms with Crippen molar-refractivity contribution in [2.24, 2.45) is 17.9 Å². The van der Waals surface area contributed by atoms with E-state index in [-0.39, 0.29) is 5.71 Å². The fourth-order valence-corrected chi connectivity index (χ4v) is 1.89. The number of aryl methyl sites for hydroxylation is 2. The number of benzene rings is 1. The lowest BCUT2D eigenvalue weighted by molar-refractivity contribution is 0.307. The molecular formula is C15H17N7O. The third kappa shape index (κ3) is 4.07. The van der Waals surface area contributed by atoms with E-state index in [4.69, 9.17) is 21.1 Å². The Bertz CT molecular complexity index is 785. The maximum Gasteiger partial charge on any atom is 0.201 e. The van der Waals surface area contributed by atoms with Crippen LogP contribution in [0.3, 0.4) is 0 Å². The number of hydrogen-bond acceptors (Lipinski definition) is 6. The molecule has 0 aliphatic rings. The van der Waals surface area contributed by atoms with E-state index < -0.39 is 5.84 Å². The van der Waals surface area contributed by atoms with Gasteiger partial charge in [0.05, 0.1) is 11.4 Å². The standard InChI is InChI=1S/C15H17N7O/c1-10-11(8-22(2)21-10)9-23-14-6-4-3-5-12(14)19-20-13(7-16)15(17)18/h3-6,8,19H,9H2,1-2H3,(H3,17,18)/b20-13+. The second-order valence-corrected chi connectivity index (χ2v) is 4.80. The van der Waals surface area contributed by atoms with Gasteiger partial charge < -0.3 is 10.5 Å². The fourth-order valence-electron chi connectivity index (χ4n) is 1.89. The van der Waals surface area contributed by atoms with Crippen LogP contribution < -0.4 is 15.9 Å². The van der Waals surface area contributed by atoms with E-state index in [1.54, 1.807) is 29.0 Å². The molecule has 2 rings (SSSR count). The molecule has 0 amide bonds. The Morgan fingerprint density at radius 3 is 2.87 bits per heavy atom. The predicted molar refractivity (Wildman–Crippen MR) is 87.3 cm³/mol. The van der Waals surface area contributed by atoms with E-state index in [9.17, 15) is 0 Å². The van der Waals surface area contributed by atoms with Gasteiger partial charge in [0.25, 0.3) is 0 Å². The van der Waals surface area contributed by atoms with Crippen molar-refractivity contribution in [1.82, 2.24) is 9.78 Å². The van der Waals surface area contributed by atoms with Crippen LogP contribution in [0, 0.1) is 23.7 Å². The smallest absolute Gasteiger partial charge is 0.201 e. The van der Waals surface area contributed by atoms with Gasteiger partial charge in [0.1, 0.15) is 18.4 Å². The molecule has 0 aliphatic carbocycles. The zero-order chi connectivity index (χ0) is 16.8. The Morgan fingerprint density at radius 2 is 2.26 bits per heavy atom. The topological polar surface area (TPSA) is 125 Å². The second-order valence-electron chi connectivity index (χ2n) is 4.80. The molecule has 118 valence electrons. The number of nitrogens with two attached hydrogens (primary N) is 1. The molecule has 0 saturated heterocycles. The Kier molecular flexibility index (Phi) is 4.94. The minimum atomic E-state index is -0.399. The summed E-state index contributed by atoms with van der Waals surface area (Å²) in [5.74, 6) is 0.171. The van der Waals surface area contributed by atoms with Crippen LogP contribution in [0.25, 0.3) is 0 Å². The van der Waals surface area contributed by atoms with Gasteiger partial charge in [-0.3, -0.25) is 15.5 Å². The van der Waals surface area contributed by atoms with Crippen molar-refractivity contribution in [3.05, 3.63) is 41.7 Å². The van der Waals surface area contributed by atoms with Crippen molar-refractivity contribution < 1.29 is 4.74 Å². The molecule has 0 aliphatic heterocycles. The van der Waals surface area contributed by atoms with Crippen molar-refractivity contribution in [1.29, 1.82) is 10.7 Å². The van der Waals surface area contributed by atoms with E-state index in [0.29, 0.717) is 18.0 Å². The number of ether oxygens (including phenoxy) is 1. The Balaban J connectivity index is 2.13. The first-order valence-electron chi connectivity index (χ1n) is 6.80. The number of nitriles is 1. The van der Waals surface area contributed by atoms with Gasteiger partial charge in [-0.05, 0) is 19.1 Å². The van der Waals surface area contributed by atoms with Crippen LogP contribution in [0.15, 0.2) is 35.6 Å². The SMILES string of the molecule is Cc1nn(C)cc1COc1ccccc1N/N=C(\C#N)C(=N)N. The van der Waals surface area contributed by atoms with Gasteiger partial charge in [0.15, 0.2) is 5.84 Å². The first kappa shape index (κ1) is 16.0. The molecule has 23 heavy (non-hydrogen) atoms. The van der Waals surface area contributed by atoms with Gasteiger partial charge in [0.2, 0.25) is 5.71 Å². The molecule has 1 heterocycles. The molecule has 4 N–H and O–H groups in total. The average Bonchev–Trinajstić information content (AvgIpc) is 2.84. The van der Waals surface area contributed by atoms with Crippen molar-refractivity contribution in [3.8, 4) is 11.8 Å². The van der Waals surface area contributed by atoms with E-state index in [1.807, 2.05) is 26.2 Å². The highest BCUT2D eigenvalue weighted by atomic mass is 16.5. The highest BCUT2D eigenvalue weighted by Crippen LogP contribution is 2.25. The molecule has 1 aromatic heterocycles. The maximum atomic E-state index is 8.85. The van der Waals surface area contributed by atoms with Gasteiger partial charge in [-0.15, -0.1) is 0 Å². The Hall–Kier alpha value is -3.34. The van der Waals surface area contributed by atoms with Crippen LogP contribution >= 0.6 is 0 Å². The summed E-state index contributed by atoms with van der Waals surface area (Å²) in [6.07, 6.45) is 1.90. The summed E-state index contributed by atoms with van der Waals surface area (Å²) in [4.78, 5) is 0. The number of amidine groups is 1. The zero-order valence-corrected chi connectivity index (χ0v) is 12.9. The van der Waals surface area contributed by atoms with Crippen molar-refractivity contribution >= 4 is 17.2 Å².